The number of carbonyl (C=O) groups is 1. The lowest BCUT2D eigenvalue weighted by Gasteiger charge is -2.33. The minimum atomic E-state index is 0.104. The summed E-state index contributed by atoms with van der Waals surface area (Å²) in [5.74, 6) is 0.889. The highest BCUT2D eigenvalue weighted by Crippen LogP contribution is 2.19. The van der Waals surface area contributed by atoms with Gasteiger partial charge in [0.15, 0.2) is 0 Å². The Hall–Kier alpha value is -1.58. The zero-order valence-corrected chi connectivity index (χ0v) is 10.4. The van der Waals surface area contributed by atoms with Crippen molar-refractivity contribution in [1.29, 1.82) is 0 Å². The summed E-state index contributed by atoms with van der Waals surface area (Å²) in [6.45, 7) is 2.99. The second-order valence-electron chi connectivity index (χ2n) is 4.53. The minimum absolute atomic E-state index is 0.104. The van der Waals surface area contributed by atoms with E-state index in [4.69, 9.17) is 0 Å². The molecule has 1 aromatic rings. The number of anilines is 1. The first-order valence-corrected chi connectivity index (χ1v) is 6.17. The van der Waals surface area contributed by atoms with Crippen molar-refractivity contribution in [1.82, 2.24) is 9.88 Å². The zero-order chi connectivity index (χ0) is 12.3. The minimum Gasteiger partial charge on any atom is -0.373 e. The molecule has 1 saturated heterocycles. The number of rotatable bonds is 2. The summed E-state index contributed by atoms with van der Waals surface area (Å²) in [6, 6.07) is 4.02. The second kappa shape index (κ2) is 5.17. The molecule has 1 N–H and O–H groups in total. The summed E-state index contributed by atoms with van der Waals surface area (Å²) in [5.41, 5.74) is 0.678. The third-order valence-electron chi connectivity index (χ3n) is 3.33. The Labute approximate surface area is 102 Å². The monoisotopic (exact) mass is 233 g/mol. The molecule has 17 heavy (non-hydrogen) atoms. The average Bonchev–Trinajstić information content (AvgIpc) is 2.39. The van der Waals surface area contributed by atoms with Crippen LogP contribution >= 0.6 is 0 Å². The molecule has 2 rings (SSSR count). The molecule has 1 amide bonds. The molecule has 1 fully saturated rings. The summed E-state index contributed by atoms with van der Waals surface area (Å²) >= 11 is 0. The number of likely N-dealkylation sites (tertiary alicyclic amines) is 1. The molecule has 0 saturated carbocycles. The standard InChI is InChI=1S/C13H19N3O/c1-10-5-3-4-8-16(10)13(17)11-6-7-12(14-2)15-9-11/h6-7,9-10H,3-5,8H2,1-2H3,(H,14,15). The lowest BCUT2D eigenvalue weighted by atomic mass is 10.0. The summed E-state index contributed by atoms with van der Waals surface area (Å²) in [7, 11) is 1.82. The highest BCUT2D eigenvalue weighted by atomic mass is 16.2. The maximum Gasteiger partial charge on any atom is 0.255 e. The van der Waals surface area contributed by atoms with Crippen molar-refractivity contribution < 1.29 is 4.79 Å². The van der Waals surface area contributed by atoms with Gasteiger partial charge in [-0.2, -0.15) is 0 Å². The van der Waals surface area contributed by atoms with Gasteiger partial charge in [-0.05, 0) is 38.3 Å². The molecule has 1 aromatic heterocycles. The van der Waals surface area contributed by atoms with Gasteiger partial charge in [0.2, 0.25) is 0 Å². The van der Waals surface area contributed by atoms with Crippen LogP contribution in [0.2, 0.25) is 0 Å². The fraction of sp³-hybridized carbons (Fsp3) is 0.538. The predicted octanol–water partition coefficient (Wildman–Crippen LogP) is 2.14. The van der Waals surface area contributed by atoms with E-state index in [1.807, 2.05) is 24.1 Å². The van der Waals surface area contributed by atoms with Gasteiger partial charge in [0.1, 0.15) is 5.82 Å². The normalized spacial score (nSPS) is 20.1. The number of nitrogens with one attached hydrogen (secondary N) is 1. The largest absolute Gasteiger partial charge is 0.373 e. The van der Waals surface area contributed by atoms with Crippen molar-refractivity contribution in [2.24, 2.45) is 0 Å². The molecule has 0 radical (unpaired) electrons. The molecule has 1 aliphatic heterocycles. The van der Waals surface area contributed by atoms with Gasteiger partial charge in [-0.25, -0.2) is 4.98 Å². The van der Waals surface area contributed by atoms with Crippen LogP contribution in [0.25, 0.3) is 0 Å². The van der Waals surface area contributed by atoms with Crippen LogP contribution in [-0.4, -0.2) is 35.4 Å². The van der Waals surface area contributed by atoms with Crippen molar-refractivity contribution in [3.8, 4) is 0 Å². The third-order valence-corrected chi connectivity index (χ3v) is 3.33. The van der Waals surface area contributed by atoms with Crippen LogP contribution in [0.3, 0.4) is 0 Å². The van der Waals surface area contributed by atoms with Gasteiger partial charge in [0, 0.05) is 25.8 Å². The lowest BCUT2D eigenvalue weighted by molar-refractivity contribution is 0.0635. The number of carbonyl (C=O) groups excluding carboxylic acids is 1. The van der Waals surface area contributed by atoms with E-state index in [9.17, 15) is 4.79 Å². The lowest BCUT2D eigenvalue weighted by Crippen LogP contribution is -2.42. The van der Waals surface area contributed by atoms with E-state index in [0.717, 1.165) is 25.2 Å². The van der Waals surface area contributed by atoms with E-state index in [1.54, 1.807) is 6.20 Å². The quantitative estimate of drug-likeness (QED) is 0.851. The molecular weight excluding hydrogens is 214 g/mol. The number of hydrogen-bond acceptors (Lipinski definition) is 3. The summed E-state index contributed by atoms with van der Waals surface area (Å²) in [5, 5.41) is 2.95. The van der Waals surface area contributed by atoms with Gasteiger partial charge >= 0.3 is 0 Å². The number of pyridine rings is 1. The van der Waals surface area contributed by atoms with Crippen LogP contribution in [0, 0.1) is 0 Å². The molecule has 0 bridgehead atoms. The van der Waals surface area contributed by atoms with Crippen LogP contribution in [0.1, 0.15) is 36.5 Å². The van der Waals surface area contributed by atoms with Crippen molar-refractivity contribution in [2.45, 2.75) is 32.2 Å². The van der Waals surface area contributed by atoms with E-state index in [0.29, 0.717) is 11.6 Å². The smallest absolute Gasteiger partial charge is 0.255 e. The van der Waals surface area contributed by atoms with E-state index >= 15 is 0 Å². The van der Waals surface area contributed by atoms with Gasteiger partial charge in [-0.1, -0.05) is 0 Å². The molecule has 4 heteroatoms. The Morgan fingerprint density at radius 3 is 2.88 bits per heavy atom. The van der Waals surface area contributed by atoms with Crippen LogP contribution in [0.5, 0.6) is 0 Å². The topological polar surface area (TPSA) is 45.2 Å². The van der Waals surface area contributed by atoms with Crippen molar-refractivity contribution in [3.05, 3.63) is 23.9 Å². The number of hydrogen-bond donors (Lipinski definition) is 1. The van der Waals surface area contributed by atoms with Gasteiger partial charge < -0.3 is 10.2 Å². The van der Waals surface area contributed by atoms with Crippen LogP contribution in [-0.2, 0) is 0 Å². The van der Waals surface area contributed by atoms with Crippen LogP contribution in [0.15, 0.2) is 18.3 Å². The zero-order valence-electron chi connectivity index (χ0n) is 10.4. The Morgan fingerprint density at radius 1 is 1.47 bits per heavy atom. The van der Waals surface area contributed by atoms with Gasteiger partial charge in [-0.3, -0.25) is 4.79 Å². The first kappa shape index (κ1) is 11.9. The fourth-order valence-electron chi connectivity index (χ4n) is 2.23. The molecule has 0 aromatic carbocycles. The first-order chi connectivity index (χ1) is 8.22. The molecule has 1 unspecified atom stereocenters. The van der Waals surface area contributed by atoms with Crippen molar-refractivity contribution in [2.75, 3.05) is 18.9 Å². The molecule has 1 atom stereocenters. The second-order valence-corrected chi connectivity index (χ2v) is 4.53. The van der Waals surface area contributed by atoms with Crippen LogP contribution < -0.4 is 5.32 Å². The van der Waals surface area contributed by atoms with Crippen molar-refractivity contribution >= 4 is 11.7 Å². The summed E-state index contributed by atoms with van der Waals surface area (Å²) in [4.78, 5) is 18.4. The molecule has 0 aliphatic carbocycles. The molecule has 4 nitrogen and oxygen atoms in total. The molecule has 0 spiro atoms. The Kier molecular flexibility index (Phi) is 3.61. The number of amides is 1. The van der Waals surface area contributed by atoms with E-state index in [1.165, 1.54) is 6.42 Å². The number of piperidine rings is 1. The van der Waals surface area contributed by atoms with Gasteiger partial charge in [0.05, 0.1) is 5.56 Å². The van der Waals surface area contributed by atoms with E-state index in [-0.39, 0.29) is 5.91 Å². The van der Waals surface area contributed by atoms with Gasteiger partial charge in [0.25, 0.3) is 5.91 Å². The molecular formula is C13H19N3O. The number of aromatic nitrogens is 1. The Morgan fingerprint density at radius 2 is 2.29 bits per heavy atom. The van der Waals surface area contributed by atoms with E-state index in [2.05, 4.69) is 17.2 Å². The first-order valence-electron chi connectivity index (χ1n) is 6.17. The fourth-order valence-corrected chi connectivity index (χ4v) is 2.23. The Bertz CT molecular complexity index is 388. The number of nitrogens with zero attached hydrogens (tertiary/aromatic N) is 2. The van der Waals surface area contributed by atoms with Crippen molar-refractivity contribution in [3.63, 3.8) is 0 Å². The predicted molar refractivity (Wildman–Crippen MR) is 68.1 cm³/mol. The average molecular weight is 233 g/mol. The third kappa shape index (κ3) is 2.57. The highest BCUT2D eigenvalue weighted by molar-refractivity contribution is 5.94. The Balaban J connectivity index is 2.12. The van der Waals surface area contributed by atoms with Gasteiger partial charge in [-0.15, -0.1) is 0 Å². The van der Waals surface area contributed by atoms with Crippen LogP contribution in [0.4, 0.5) is 5.82 Å². The highest BCUT2D eigenvalue weighted by Gasteiger charge is 2.24. The summed E-state index contributed by atoms with van der Waals surface area (Å²) in [6.07, 6.45) is 5.09. The maximum absolute atomic E-state index is 12.3. The molecule has 92 valence electrons. The molecule has 2 heterocycles. The molecule has 1 aliphatic rings. The van der Waals surface area contributed by atoms with E-state index < -0.39 is 0 Å². The maximum atomic E-state index is 12.3. The summed E-state index contributed by atoms with van der Waals surface area (Å²) < 4.78 is 0. The SMILES string of the molecule is CNc1ccc(C(=O)N2CCCCC2C)cn1.